The van der Waals surface area contributed by atoms with Crippen LogP contribution < -0.4 is 10.1 Å². The van der Waals surface area contributed by atoms with Crippen LogP contribution in [0.3, 0.4) is 0 Å². The van der Waals surface area contributed by atoms with Crippen LogP contribution in [0.5, 0.6) is 5.75 Å². The minimum absolute atomic E-state index is 0.771. The second-order valence-electron chi connectivity index (χ2n) is 4.55. The third-order valence-corrected chi connectivity index (χ3v) is 3.25. The van der Waals surface area contributed by atoms with Gasteiger partial charge in [0.2, 0.25) is 0 Å². The lowest BCUT2D eigenvalue weighted by molar-refractivity contribution is 0.199. The predicted molar refractivity (Wildman–Crippen MR) is 75.5 cm³/mol. The third-order valence-electron chi connectivity index (χ3n) is 3.25. The summed E-state index contributed by atoms with van der Waals surface area (Å²) in [5.74, 6) is 1.05. The van der Waals surface area contributed by atoms with Gasteiger partial charge in [0.15, 0.2) is 0 Å². The summed E-state index contributed by atoms with van der Waals surface area (Å²) in [4.78, 5) is 0. The molecule has 3 nitrogen and oxygen atoms in total. The van der Waals surface area contributed by atoms with Crippen LogP contribution in [-0.2, 0) is 11.2 Å². The topological polar surface area (TPSA) is 30.5 Å². The Morgan fingerprint density at radius 2 is 1.89 bits per heavy atom. The van der Waals surface area contributed by atoms with Crippen LogP contribution in [0.1, 0.15) is 23.1 Å². The minimum Gasteiger partial charge on any atom is -0.496 e. The first-order valence-electron chi connectivity index (χ1n) is 6.53. The Hall–Kier alpha value is -1.06. The number of benzene rings is 1. The monoisotopic (exact) mass is 251 g/mol. The van der Waals surface area contributed by atoms with E-state index in [4.69, 9.17) is 9.47 Å². The number of aryl methyl sites for hydroxylation is 2. The van der Waals surface area contributed by atoms with Crippen LogP contribution in [0, 0.1) is 13.8 Å². The number of ether oxygens (including phenoxy) is 2. The molecule has 0 unspecified atom stereocenters. The number of hydrogen-bond donors (Lipinski definition) is 1. The molecule has 0 aliphatic rings. The molecular formula is C15H25NO2. The van der Waals surface area contributed by atoms with E-state index in [1.165, 1.54) is 16.7 Å². The van der Waals surface area contributed by atoms with Crippen LogP contribution in [0.4, 0.5) is 0 Å². The molecule has 18 heavy (non-hydrogen) atoms. The van der Waals surface area contributed by atoms with Gasteiger partial charge in [-0.3, -0.25) is 0 Å². The highest BCUT2D eigenvalue weighted by atomic mass is 16.5. The second kappa shape index (κ2) is 8.11. The number of hydrogen-bond acceptors (Lipinski definition) is 3. The largest absolute Gasteiger partial charge is 0.496 e. The van der Waals surface area contributed by atoms with E-state index in [2.05, 4.69) is 31.3 Å². The fourth-order valence-electron chi connectivity index (χ4n) is 2.03. The fourth-order valence-corrected chi connectivity index (χ4v) is 2.03. The van der Waals surface area contributed by atoms with E-state index in [1.807, 2.05) is 0 Å². The molecule has 1 rings (SSSR count). The lowest BCUT2D eigenvalue weighted by Gasteiger charge is -2.13. The van der Waals surface area contributed by atoms with Crippen LogP contribution in [0.15, 0.2) is 12.1 Å². The fraction of sp³-hybridized carbons (Fsp3) is 0.600. The zero-order valence-corrected chi connectivity index (χ0v) is 12.0. The standard InChI is InChI=1S/C15H25NO2/c1-12-7-8-14(15(18-4)13(12)2)6-5-9-16-10-11-17-3/h7-8,16H,5-6,9-11H2,1-4H3. The number of nitrogens with one attached hydrogen (secondary N) is 1. The van der Waals surface area contributed by atoms with Crippen molar-refractivity contribution in [1.29, 1.82) is 0 Å². The first-order valence-corrected chi connectivity index (χ1v) is 6.53. The summed E-state index contributed by atoms with van der Waals surface area (Å²) in [5, 5.41) is 3.35. The van der Waals surface area contributed by atoms with Crippen LogP contribution in [0.25, 0.3) is 0 Å². The lowest BCUT2D eigenvalue weighted by atomic mass is 10.0. The van der Waals surface area contributed by atoms with Gasteiger partial charge in [-0.05, 0) is 49.9 Å². The summed E-state index contributed by atoms with van der Waals surface area (Å²) in [6.07, 6.45) is 2.16. The molecule has 0 aliphatic heterocycles. The molecule has 0 saturated carbocycles. The second-order valence-corrected chi connectivity index (χ2v) is 4.55. The predicted octanol–water partition coefficient (Wildman–Crippen LogP) is 2.48. The van der Waals surface area contributed by atoms with Crippen molar-refractivity contribution in [2.75, 3.05) is 33.9 Å². The van der Waals surface area contributed by atoms with Gasteiger partial charge >= 0.3 is 0 Å². The average molecular weight is 251 g/mol. The Bertz CT molecular complexity index is 364. The molecule has 0 saturated heterocycles. The molecule has 0 heterocycles. The van der Waals surface area contributed by atoms with Crippen LogP contribution >= 0.6 is 0 Å². The highest BCUT2D eigenvalue weighted by Gasteiger charge is 2.07. The van der Waals surface area contributed by atoms with E-state index >= 15 is 0 Å². The Balaban J connectivity index is 2.45. The van der Waals surface area contributed by atoms with Crippen molar-refractivity contribution in [2.45, 2.75) is 26.7 Å². The molecule has 0 aromatic heterocycles. The molecule has 102 valence electrons. The zero-order chi connectivity index (χ0) is 13.4. The molecule has 0 bridgehead atoms. The quantitative estimate of drug-likeness (QED) is 0.720. The van der Waals surface area contributed by atoms with E-state index in [1.54, 1.807) is 14.2 Å². The smallest absolute Gasteiger partial charge is 0.125 e. The van der Waals surface area contributed by atoms with E-state index < -0.39 is 0 Å². The van der Waals surface area contributed by atoms with Gasteiger partial charge in [0.1, 0.15) is 5.75 Å². The van der Waals surface area contributed by atoms with Crippen molar-refractivity contribution < 1.29 is 9.47 Å². The molecule has 3 heteroatoms. The van der Waals surface area contributed by atoms with Gasteiger partial charge in [-0.25, -0.2) is 0 Å². The number of methoxy groups -OCH3 is 2. The SMILES string of the molecule is COCCNCCCc1ccc(C)c(C)c1OC. The molecule has 0 aliphatic carbocycles. The first kappa shape index (κ1) is 15.0. The first-order chi connectivity index (χ1) is 8.70. The molecule has 0 spiro atoms. The zero-order valence-electron chi connectivity index (χ0n) is 12.0. The van der Waals surface area contributed by atoms with Crippen molar-refractivity contribution in [3.05, 3.63) is 28.8 Å². The Kier molecular flexibility index (Phi) is 6.76. The van der Waals surface area contributed by atoms with Crippen molar-refractivity contribution in [2.24, 2.45) is 0 Å². The van der Waals surface area contributed by atoms with Gasteiger partial charge in [-0.1, -0.05) is 12.1 Å². The van der Waals surface area contributed by atoms with Gasteiger partial charge < -0.3 is 14.8 Å². The van der Waals surface area contributed by atoms with Crippen molar-refractivity contribution in [3.63, 3.8) is 0 Å². The van der Waals surface area contributed by atoms with E-state index in [0.717, 1.165) is 38.3 Å². The average Bonchev–Trinajstić information content (AvgIpc) is 2.38. The summed E-state index contributed by atoms with van der Waals surface area (Å²) >= 11 is 0. The van der Waals surface area contributed by atoms with Crippen molar-refractivity contribution in [1.82, 2.24) is 5.32 Å². The Morgan fingerprint density at radius 1 is 1.11 bits per heavy atom. The highest BCUT2D eigenvalue weighted by molar-refractivity contribution is 5.45. The number of rotatable bonds is 8. The van der Waals surface area contributed by atoms with E-state index in [-0.39, 0.29) is 0 Å². The normalized spacial score (nSPS) is 10.7. The maximum Gasteiger partial charge on any atom is 0.125 e. The molecular weight excluding hydrogens is 226 g/mol. The van der Waals surface area contributed by atoms with Gasteiger partial charge in [0, 0.05) is 13.7 Å². The summed E-state index contributed by atoms with van der Waals surface area (Å²) < 4.78 is 10.5. The van der Waals surface area contributed by atoms with Gasteiger partial charge in [-0.2, -0.15) is 0 Å². The maximum atomic E-state index is 5.51. The lowest BCUT2D eigenvalue weighted by Crippen LogP contribution is -2.20. The Morgan fingerprint density at radius 3 is 2.56 bits per heavy atom. The van der Waals surface area contributed by atoms with Gasteiger partial charge in [0.25, 0.3) is 0 Å². The third kappa shape index (κ3) is 4.31. The molecule has 1 aromatic rings. The summed E-state index contributed by atoms with van der Waals surface area (Å²) in [7, 11) is 3.48. The highest BCUT2D eigenvalue weighted by Crippen LogP contribution is 2.26. The van der Waals surface area contributed by atoms with E-state index in [9.17, 15) is 0 Å². The van der Waals surface area contributed by atoms with Gasteiger partial charge in [-0.15, -0.1) is 0 Å². The molecule has 1 N–H and O–H groups in total. The molecule has 0 fully saturated rings. The molecule has 1 aromatic carbocycles. The maximum absolute atomic E-state index is 5.51. The molecule has 0 radical (unpaired) electrons. The van der Waals surface area contributed by atoms with Crippen LogP contribution in [0.2, 0.25) is 0 Å². The van der Waals surface area contributed by atoms with Crippen molar-refractivity contribution >= 4 is 0 Å². The summed E-state index contributed by atoms with van der Waals surface area (Å²) in [5.41, 5.74) is 3.84. The minimum atomic E-state index is 0.771. The van der Waals surface area contributed by atoms with Crippen molar-refractivity contribution in [3.8, 4) is 5.75 Å². The molecule has 0 atom stereocenters. The Labute approximate surface area is 110 Å². The van der Waals surface area contributed by atoms with Crippen LogP contribution in [-0.4, -0.2) is 33.9 Å². The summed E-state index contributed by atoms with van der Waals surface area (Å²) in [6.45, 7) is 6.94. The van der Waals surface area contributed by atoms with E-state index in [0.29, 0.717) is 0 Å². The van der Waals surface area contributed by atoms with Gasteiger partial charge in [0.05, 0.1) is 13.7 Å². The summed E-state index contributed by atoms with van der Waals surface area (Å²) in [6, 6.07) is 4.35. The molecule has 0 amide bonds.